The summed E-state index contributed by atoms with van der Waals surface area (Å²) < 4.78 is 0. The molecule has 1 aromatic rings. The SMILES string of the molecule is CC.CC.CCC.[CH3-].[CH3-].[CH3-].[W+2].[Y].[c-]1ccccn1. The van der Waals surface area contributed by atoms with E-state index < -0.39 is 0 Å². The van der Waals surface area contributed by atoms with Crippen LogP contribution >= 0.6 is 0 Å². The molecular formula is C15H33NWY-2. The monoisotopic (exact) mass is 500 g/mol. The van der Waals surface area contributed by atoms with E-state index in [9.17, 15) is 0 Å². The molecule has 0 aromatic carbocycles. The standard InChI is InChI=1S/C5H4N.C3H8.2C2H6.3CH3.W.Y/c1-2-4-6-5-3-1;1-3-2;2*1-2;;;;;/h1-4H;3H2,1-2H3;2*1-2H3;3*1H3;;/q-1;;;;3*-1;+2;. The molecule has 0 bridgehead atoms. The van der Waals surface area contributed by atoms with Gasteiger partial charge in [-0.3, -0.25) is 0 Å². The number of rotatable bonds is 0. The Hall–Kier alpha value is 0.942. The summed E-state index contributed by atoms with van der Waals surface area (Å²) in [6.45, 7) is 12.2. The average molecular weight is 500 g/mol. The summed E-state index contributed by atoms with van der Waals surface area (Å²) in [4.78, 5) is 3.66. The van der Waals surface area contributed by atoms with Crippen LogP contribution < -0.4 is 0 Å². The summed E-state index contributed by atoms with van der Waals surface area (Å²) in [6, 6.07) is 5.50. The molecule has 0 amide bonds. The van der Waals surface area contributed by atoms with Gasteiger partial charge in [0.05, 0.1) is 0 Å². The van der Waals surface area contributed by atoms with Gasteiger partial charge in [0.15, 0.2) is 0 Å². The summed E-state index contributed by atoms with van der Waals surface area (Å²) in [7, 11) is 0. The number of pyridine rings is 1. The average Bonchev–Trinajstić information content (AvgIpc) is 2.27. The van der Waals surface area contributed by atoms with Crippen LogP contribution in [0.25, 0.3) is 0 Å². The van der Waals surface area contributed by atoms with Gasteiger partial charge < -0.3 is 27.3 Å². The molecule has 0 aliphatic heterocycles. The fourth-order valence-corrected chi connectivity index (χ4v) is 0.277. The summed E-state index contributed by atoms with van der Waals surface area (Å²) in [5.74, 6) is 0. The van der Waals surface area contributed by atoms with E-state index in [-0.39, 0.29) is 76.1 Å². The van der Waals surface area contributed by atoms with Crippen LogP contribution in [0.1, 0.15) is 48.0 Å². The predicted molar refractivity (Wildman–Crippen MR) is 81.0 cm³/mol. The predicted octanol–water partition coefficient (Wildman–Crippen LogP) is 5.70. The largest absolute Gasteiger partial charge is 2.00 e. The van der Waals surface area contributed by atoms with E-state index in [0.29, 0.717) is 0 Å². The van der Waals surface area contributed by atoms with Crippen LogP contribution in [0.5, 0.6) is 0 Å². The van der Waals surface area contributed by atoms with E-state index in [1.165, 1.54) is 6.42 Å². The van der Waals surface area contributed by atoms with Gasteiger partial charge in [0.25, 0.3) is 0 Å². The molecule has 18 heavy (non-hydrogen) atoms. The summed E-state index contributed by atoms with van der Waals surface area (Å²) >= 11 is 0. The Balaban J connectivity index is -0.0000000126. The van der Waals surface area contributed by atoms with Crippen molar-refractivity contribution in [2.75, 3.05) is 0 Å². The van der Waals surface area contributed by atoms with Crippen LogP contribution in [0, 0.1) is 28.5 Å². The number of aromatic nitrogens is 1. The maximum absolute atomic E-state index is 3.66. The third kappa shape index (κ3) is 89.3. The molecule has 0 unspecified atom stereocenters. The Labute approximate surface area is 158 Å². The van der Waals surface area contributed by atoms with E-state index in [1.807, 2.05) is 39.8 Å². The molecule has 1 rings (SSSR count). The Morgan fingerprint density at radius 3 is 1.28 bits per heavy atom. The Morgan fingerprint density at radius 2 is 1.22 bits per heavy atom. The number of hydrogen-bond acceptors (Lipinski definition) is 1. The van der Waals surface area contributed by atoms with Gasteiger partial charge in [-0.2, -0.15) is 18.2 Å². The topological polar surface area (TPSA) is 12.9 Å². The van der Waals surface area contributed by atoms with Crippen molar-refractivity contribution in [2.24, 2.45) is 0 Å². The molecule has 0 atom stereocenters. The number of hydrogen-bond donors (Lipinski definition) is 0. The summed E-state index contributed by atoms with van der Waals surface area (Å²) in [5, 5.41) is 0. The third-order valence-electron chi connectivity index (χ3n) is 0.517. The Kier molecular flexibility index (Phi) is 231. The molecule has 0 saturated carbocycles. The normalized spacial score (nSPS) is 4.33. The van der Waals surface area contributed by atoms with E-state index in [2.05, 4.69) is 25.0 Å². The van der Waals surface area contributed by atoms with Gasteiger partial charge in [-0.25, -0.2) is 0 Å². The minimum Gasteiger partial charge on any atom is -0.394 e. The van der Waals surface area contributed by atoms with Crippen molar-refractivity contribution in [2.45, 2.75) is 48.0 Å². The first-order valence-electron chi connectivity index (χ1n) is 5.18. The van der Waals surface area contributed by atoms with Crippen molar-refractivity contribution in [3.8, 4) is 0 Å². The van der Waals surface area contributed by atoms with Crippen molar-refractivity contribution >= 4 is 0 Å². The van der Waals surface area contributed by atoms with Crippen molar-refractivity contribution in [3.05, 3.63) is 52.9 Å². The van der Waals surface area contributed by atoms with Crippen molar-refractivity contribution < 1.29 is 53.8 Å². The van der Waals surface area contributed by atoms with Crippen LogP contribution in [0.15, 0.2) is 24.4 Å². The van der Waals surface area contributed by atoms with Gasteiger partial charge in [0.1, 0.15) is 0 Å². The third-order valence-corrected chi connectivity index (χ3v) is 0.517. The minimum atomic E-state index is 0. The van der Waals surface area contributed by atoms with E-state index >= 15 is 0 Å². The fourth-order valence-electron chi connectivity index (χ4n) is 0.277. The Bertz CT molecular complexity index is 99.3. The van der Waals surface area contributed by atoms with E-state index in [1.54, 1.807) is 12.3 Å². The van der Waals surface area contributed by atoms with Crippen LogP contribution in [-0.2, 0) is 53.8 Å². The first-order chi connectivity index (χ1) is 6.41. The molecule has 1 heterocycles. The first kappa shape index (κ1) is 50.9. The van der Waals surface area contributed by atoms with Gasteiger partial charge in [-0.05, 0) is 0 Å². The zero-order valence-electron chi connectivity index (χ0n) is 13.9. The van der Waals surface area contributed by atoms with Gasteiger partial charge >= 0.3 is 21.1 Å². The number of nitrogens with zero attached hydrogens (tertiary/aromatic N) is 1. The minimum absolute atomic E-state index is 0. The molecule has 0 aliphatic carbocycles. The van der Waals surface area contributed by atoms with Gasteiger partial charge in [0.2, 0.25) is 0 Å². The van der Waals surface area contributed by atoms with Crippen LogP contribution in [0.3, 0.4) is 0 Å². The molecule has 1 nitrogen and oxygen atoms in total. The molecule has 0 saturated heterocycles. The molecule has 1 aromatic heterocycles. The zero-order valence-corrected chi connectivity index (χ0v) is 19.7. The molecule has 0 aliphatic rings. The summed E-state index contributed by atoms with van der Waals surface area (Å²) in [6.07, 6.45) is 5.59. The first-order valence-corrected chi connectivity index (χ1v) is 5.18. The van der Waals surface area contributed by atoms with Crippen molar-refractivity contribution in [1.82, 2.24) is 4.98 Å². The Morgan fingerprint density at radius 1 is 0.889 bits per heavy atom. The van der Waals surface area contributed by atoms with Gasteiger partial charge in [0, 0.05) is 32.7 Å². The maximum atomic E-state index is 3.66. The van der Waals surface area contributed by atoms with E-state index in [4.69, 9.17) is 0 Å². The molecule has 3 heteroatoms. The van der Waals surface area contributed by atoms with Crippen LogP contribution in [-0.4, -0.2) is 4.98 Å². The molecule has 0 fully saturated rings. The van der Waals surface area contributed by atoms with Crippen LogP contribution in [0.4, 0.5) is 0 Å². The fraction of sp³-hybridized carbons (Fsp3) is 0.467. The van der Waals surface area contributed by atoms with Gasteiger partial charge in [-0.15, -0.1) is 0 Å². The zero-order chi connectivity index (χ0) is 10.9. The molecular weight excluding hydrogens is 467 g/mol. The molecule has 1 radical (unpaired) electrons. The smallest absolute Gasteiger partial charge is 0.394 e. The van der Waals surface area contributed by atoms with Crippen LogP contribution in [0.2, 0.25) is 0 Å². The molecule has 0 spiro atoms. The van der Waals surface area contributed by atoms with E-state index in [0.717, 1.165) is 0 Å². The summed E-state index contributed by atoms with van der Waals surface area (Å²) in [5.41, 5.74) is 0. The molecule has 0 N–H and O–H groups in total. The van der Waals surface area contributed by atoms with Gasteiger partial charge in [-0.1, -0.05) is 60.4 Å². The maximum Gasteiger partial charge on any atom is 2.00 e. The second kappa shape index (κ2) is 81.6. The second-order valence-corrected chi connectivity index (χ2v) is 1.67. The molecule has 109 valence electrons. The second-order valence-electron chi connectivity index (χ2n) is 1.67. The van der Waals surface area contributed by atoms with Crippen molar-refractivity contribution in [3.63, 3.8) is 0 Å². The van der Waals surface area contributed by atoms with Crippen molar-refractivity contribution in [1.29, 1.82) is 0 Å². The quantitative estimate of drug-likeness (QED) is 0.417.